The first-order valence-corrected chi connectivity index (χ1v) is 5.67. The molecule has 0 saturated heterocycles. The first-order chi connectivity index (χ1) is 9.70. The number of aliphatic carboxylic acids is 1. The average molecular weight is 297 g/mol. The Morgan fingerprint density at radius 2 is 1.67 bits per heavy atom. The summed E-state index contributed by atoms with van der Waals surface area (Å²) in [6.45, 7) is 1.43. The fourth-order valence-electron chi connectivity index (χ4n) is 1.56. The van der Waals surface area contributed by atoms with E-state index in [0.717, 1.165) is 18.2 Å². The molecular formula is C11H11N3O7. The zero-order valence-corrected chi connectivity index (χ0v) is 10.8. The van der Waals surface area contributed by atoms with Crippen LogP contribution in [0.15, 0.2) is 18.2 Å². The predicted molar refractivity (Wildman–Crippen MR) is 68.9 cm³/mol. The van der Waals surface area contributed by atoms with Crippen LogP contribution < -0.4 is 5.32 Å². The number of carboxylic acids is 1. The highest BCUT2D eigenvalue weighted by atomic mass is 16.6. The molecule has 1 rings (SSSR count). The van der Waals surface area contributed by atoms with Crippen LogP contribution in [0.2, 0.25) is 0 Å². The van der Waals surface area contributed by atoms with Crippen molar-refractivity contribution in [2.75, 3.05) is 0 Å². The average Bonchev–Trinajstić information content (AvgIpc) is 2.36. The second-order valence-electron chi connectivity index (χ2n) is 4.22. The molecule has 0 aliphatic rings. The smallest absolute Gasteiger partial charge is 0.305 e. The Hall–Kier alpha value is -3.04. The number of benzene rings is 1. The summed E-state index contributed by atoms with van der Waals surface area (Å²) in [4.78, 5) is 42.0. The Kier molecular flexibility index (Phi) is 4.89. The van der Waals surface area contributed by atoms with Gasteiger partial charge in [0.1, 0.15) is 0 Å². The number of nitrogens with one attached hydrogen (secondary N) is 1. The molecule has 10 heteroatoms. The van der Waals surface area contributed by atoms with Crippen molar-refractivity contribution in [3.05, 3.63) is 44.0 Å². The quantitative estimate of drug-likeness (QED) is 0.588. The van der Waals surface area contributed by atoms with Crippen molar-refractivity contribution in [1.29, 1.82) is 0 Å². The summed E-state index contributed by atoms with van der Waals surface area (Å²) in [7, 11) is 0. The zero-order chi connectivity index (χ0) is 16.2. The number of non-ortho nitro benzene ring substituents is 2. The van der Waals surface area contributed by atoms with E-state index in [1.54, 1.807) is 0 Å². The molecule has 0 aromatic heterocycles. The van der Waals surface area contributed by atoms with Gasteiger partial charge in [0.25, 0.3) is 17.3 Å². The van der Waals surface area contributed by atoms with E-state index in [1.807, 2.05) is 0 Å². The lowest BCUT2D eigenvalue weighted by Gasteiger charge is -2.11. The molecule has 2 N–H and O–H groups in total. The fraction of sp³-hybridized carbons (Fsp3) is 0.273. The number of hydrogen-bond acceptors (Lipinski definition) is 6. The van der Waals surface area contributed by atoms with Crippen LogP contribution in [0.25, 0.3) is 0 Å². The second kappa shape index (κ2) is 6.41. The van der Waals surface area contributed by atoms with E-state index in [4.69, 9.17) is 5.11 Å². The van der Waals surface area contributed by atoms with Crippen LogP contribution in [0, 0.1) is 20.2 Å². The third-order valence-electron chi connectivity index (χ3n) is 2.44. The molecule has 1 aromatic rings. The van der Waals surface area contributed by atoms with Crippen LogP contribution in [0.5, 0.6) is 0 Å². The predicted octanol–water partition coefficient (Wildman–Crippen LogP) is 1.10. The topological polar surface area (TPSA) is 153 Å². The molecule has 0 saturated carbocycles. The number of rotatable bonds is 6. The highest BCUT2D eigenvalue weighted by molar-refractivity contribution is 5.96. The van der Waals surface area contributed by atoms with Gasteiger partial charge in [-0.3, -0.25) is 29.8 Å². The Morgan fingerprint density at radius 1 is 1.19 bits per heavy atom. The monoisotopic (exact) mass is 297 g/mol. The first-order valence-electron chi connectivity index (χ1n) is 5.67. The van der Waals surface area contributed by atoms with Gasteiger partial charge in [0.2, 0.25) is 0 Å². The summed E-state index contributed by atoms with van der Waals surface area (Å²) >= 11 is 0. The van der Waals surface area contributed by atoms with E-state index in [-0.39, 0.29) is 12.0 Å². The van der Waals surface area contributed by atoms with Gasteiger partial charge in [-0.05, 0) is 6.92 Å². The van der Waals surface area contributed by atoms with Gasteiger partial charge in [0, 0.05) is 18.2 Å². The Bertz CT molecular complexity index is 582. The van der Waals surface area contributed by atoms with Crippen molar-refractivity contribution in [1.82, 2.24) is 5.32 Å². The maximum Gasteiger partial charge on any atom is 0.305 e. The molecular weight excluding hydrogens is 286 g/mol. The van der Waals surface area contributed by atoms with Crippen LogP contribution >= 0.6 is 0 Å². The van der Waals surface area contributed by atoms with Crippen LogP contribution in [0.1, 0.15) is 23.7 Å². The number of nitrogens with zero attached hydrogens (tertiary/aromatic N) is 2. The molecule has 0 radical (unpaired) electrons. The largest absolute Gasteiger partial charge is 0.481 e. The number of carbonyl (C=O) groups is 2. The van der Waals surface area contributed by atoms with Gasteiger partial charge in [-0.1, -0.05) is 0 Å². The molecule has 0 aliphatic heterocycles. The molecule has 0 heterocycles. The number of carbonyl (C=O) groups excluding carboxylic acids is 1. The zero-order valence-electron chi connectivity index (χ0n) is 10.8. The normalized spacial score (nSPS) is 11.5. The molecule has 1 atom stereocenters. The molecule has 112 valence electrons. The lowest BCUT2D eigenvalue weighted by molar-refractivity contribution is -0.394. The molecule has 0 unspecified atom stereocenters. The van der Waals surface area contributed by atoms with Crippen LogP contribution in [0.3, 0.4) is 0 Å². The van der Waals surface area contributed by atoms with Crippen molar-refractivity contribution in [2.45, 2.75) is 19.4 Å². The minimum atomic E-state index is -1.13. The number of nitro benzene ring substituents is 2. The standard InChI is InChI=1S/C11H11N3O7/c1-6(2-10(15)16)12-11(17)7-3-8(13(18)19)5-9(4-7)14(20)21/h3-6H,2H2,1H3,(H,12,17)(H,15,16)/t6-/m0/s1. The Balaban J connectivity index is 3.05. The molecule has 0 bridgehead atoms. The van der Waals surface area contributed by atoms with Crippen molar-refractivity contribution in [2.24, 2.45) is 0 Å². The van der Waals surface area contributed by atoms with E-state index in [2.05, 4.69) is 5.32 Å². The van der Waals surface area contributed by atoms with Crippen molar-refractivity contribution >= 4 is 23.3 Å². The third kappa shape index (κ3) is 4.53. The lowest BCUT2D eigenvalue weighted by Crippen LogP contribution is -2.34. The van der Waals surface area contributed by atoms with E-state index in [0.29, 0.717) is 0 Å². The summed E-state index contributed by atoms with van der Waals surface area (Å²) in [5, 5.41) is 32.2. The van der Waals surface area contributed by atoms with Gasteiger partial charge in [0.05, 0.1) is 27.9 Å². The van der Waals surface area contributed by atoms with Gasteiger partial charge < -0.3 is 10.4 Å². The fourth-order valence-corrected chi connectivity index (χ4v) is 1.56. The van der Waals surface area contributed by atoms with E-state index in [1.165, 1.54) is 6.92 Å². The van der Waals surface area contributed by atoms with E-state index >= 15 is 0 Å². The number of amides is 1. The summed E-state index contributed by atoms with van der Waals surface area (Å²) in [5.74, 6) is -1.96. The van der Waals surface area contributed by atoms with Crippen molar-refractivity contribution in [3.8, 4) is 0 Å². The number of hydrogen-bond donors (Lipinski definition) is 2. The summed E-state index contributed by atoms with van der Waals surface area (Å²) < 4.78 is 0. The Labute approximate surface area is 117 Å². The number of nitro groups is 2. The minimum absolute atomic E-state index is 0.284. The molecule has 0 aliphatic carbocycles. The molecule has 10 nitrogen and oxygen atoms in total. The van der Waals surface area contributed by atoms with Gasteiger partial charge in [-0.15, -0.1) is 0 Å². The second-order valence-corrected chi connectivity index (χ2v) is 4.22. The molecule has 1 aromatic carbocycles. The van der Waals surface area contributed by atoms with Gasteiger partial charge in [-0.2, -0.15) is 0 Å². The number of carboxylic acid groups (broad SMARTS) is 1. The van der Waals surface area contributed by atoms with Crippen molar-refractivity contribution < 1.29 is 24.5 Å². The molecule has 0 spiro atoms. The third-order valence-corrected chi connectivity index (χ3v) is 2.44. The summed E-state index contributed by atoms with van der Waals surface area (Å²) in [6, 6.07) is 1.77. The first kappa shape index (κ1) is 16.0. The van der Waals surface area contributed by atoms with Crippen molar-refractivity contribution in [3.63, 3.8) is 0 Å². The highest BCUT2D eigenvalue weighted by Crippen LogP contribution is 2.22. The van der Waals surface area contributed by atoms with Crippen LogP contribution in [0.4, 0.5) is 11.4 Å². The lowest BCUT2D eigenvalue weighted by atomic mass is 10.1. The minimum Gasteiger partial charge on any atom is -0.481 e. The van der Waals surface area contributed by atoms with Crippen LogP contribution in [-0.2, 0) is 4.79 Å². The van der Waals surface area contributed by atoms with E-state index < -0.39 is 39.1 Å². The van der Waals surface area contributed by atoms with Gasteiger partial charge in [0.15, 0.2) is 0 Å². The highest BCUT2D eigenvalue weighted by Gasteiger charge is 2.21. The summed E-state index contributed by atoms with van der Waals surface area (Å²) in [5.41, 5.74) is -1.48. The Morgan fingerprint density at radius 3 is 2.05 bits per heavy atom. The van der Waals surface area contributed by atoms with E-state index in [9.17, 15) is 29.8 Å². The molecule has 21 heavy (non-hydrogen) atoms. The van der Waals surface area contributed by atoms with Crippen LogP contribution in [-0.4, -0.2) is 32.9 Å². The van der Waals surface area contributed by atoms with Gasteiger partial charge >= 0.3 is 5.97 Å². The summed E-state index contributed by atoms with van der Waals surface area (Å²) in [6.07, 6.45) is -0.344. The maximum absolute atomic E-state index is 11.8. The maximum atomic E-state index is 11.8. The van der Waals surface area contributed by atoms with Gasteiger partial charge in [-0.25, -0.2) is 0 Å². The molecule has 1 amide bonds. The molecule has 0 fully saturated rings. The SMILES string of the molecule is C[C@@H](CC(=O)O)NC(=O)c1cc([N+](=O)[O-])cc([N+](=O)[O-])c1.